The van der Waals surface area contributed by atoms with Crippen LogP contribution in [0.1, 0.15) is 34.3 Å². The first-order valence-electron chi connectivity index (χ1n) is 13.6. The first kappa shape index (κ1) is 30.0. The van der Waals surface area contributed by atoms with E-state index in [1.54, 1.807) is 36.2 Å². The molecule has 0 atom stereocenters. The largest absolute Gasteiger partial charge is 0.573 e. The van der Waals surface area contributed by atoms with E-state index in [0.717, 1.165) is 36.4 Å². The molecule has 4 aromatic carbocycles. The Morgan fingerprint density at radius 2 is 1.65 bits per heavy atom. The molecule has 1 aliphatic rings. The zero-order valence-corrected chi connectivity index (χ0v) is 24.0. The molecular formula is C33H28F3N3O3S. The predicted molar refractivity (Wildman–Crippen MR) is 160 cm³/mol. The molecule has 0 unspecified atom stereocenters. The van der Waals surface area contributed by atoms with Crippen LogP contribution in [0.5, 0.6) is 11.5 Å². The molecule has 0 spiro atoms. The summed E-state index contributed by atoms with van der Waals surface area (Å²) in [5.41, 5.74) is 3.62. The number of hydrogen-bond acceptors (Lipinski definition) is 6. The van der Waals surface area contributed by atoms with Gasteiger partial charge in [-0.15, -0.1) is 13.2 Å². The monoisotopic (exact) mass is 603 g/mol. The zero-order chi connectivity index (χ0) is 30.4. The number of aryl methyl sites for hydroxylation is 1. The summed E-state index contributed by atoms with van der Waals surface area (Å²) in [5, 5.41) is 11.9. The summed E-state index contributed by atoms with van der Waals surface area (Å²) >= 11 is 1.67. The highest BCUT2D eigenvalue weighted by atomic mass is 32.2. The van der Waals surface area contributed by atoms with Crippen molar-refractivity contribution < 1.29 is 27.4 Å². The number of amides is 1. The fraction of sp³-hybridized carbons (Fsp3) is 0.212. The number of nitrogens with zero attached hydrogens (tertiary/aromatic N) is 2. The van der Waals surface area contributed by atoms with Crippen LogP contribution in [0.3, 0.4) is 0 Å². The van der Waals surface area contributed by atoms with Gasteiger partial charge in [-0.05, 0) is 103 Å². The minimum Gasteiger partial charge on any atom is -0.490 e. The third-order valence-corrected chi connectivity index (χ3v) is 8.01. The third kappa shape index (κ3) is 8.09. The number of nitrogens with one attached hydrogen (secondary N) is 1. The maximum Gasteiger partial charge on any atom is 0.573 e. The van der Waals surface area contributed by atoms with Gasteiger partial charge in [-0.2, -0.15) is 5.26 Å². The van der Waals surface area contributed by atoms with Crippen LogP contribution < -0.4 is 14.8 Å². The first-order chi connectivity index (χ1) is 20.7. The van der Waals surface area contributed by atoms with Gasteiger partial charge in [0.1, 0.15) is 17.6 Å². The number of ether oxygens (including phenoxy) is 2. The van der Waals surface area contributed by atoms with Crippen molar-refractivity contribution >= 4 is 23.5 Å². The number of nitriles is 1. The number of carbonyl (C=O) groups excluding carboxylic acids is 1. The number of rotatable bonds is 8. The highest BCUT2D eigenvalue weighted by Gasteiger charge is 2.31. The molecule has 1 aliphatic heterocycles. The fourth-order valence-electron chi connectivity index (χ4n) is 4.88. The van der Waals surface area contributed by atoms with Crippen LogP contribution in [0.4, 0.5) is 18.9 Å². The second-order valence-corrected chi connectivity index (χ2v) is 11.2. The van der Waals surface area contributed by atoms with Crippen molar-refractivity contribution in [3.8, 4) is 28.7 Å². The van der Waals surface area contributed by atoms with E-state index in [1.165, 1.54) is 24.3 Å². The lowest BCUT2D eigenvalue weighted by Gasteiger charge is -2.31. The van der Waals surface area contributed by atoms with Gasteiger partial charge in [0.15, 0.2) is 0 Å². The van der Waals surface area contributed by atoms with Crippen LogP contribution in [0, 0.1) is 18.3 Å². The van der Waals surface area contributed by atoms with Crippen molar-refractivity contribution in [2.24, 2.45) is 0 Å². The van der Waals surface area contributed by atoms with Crippen LogP contribution in [0.15, 0.2) is 95.9 Å². The van der Waals surface area contributed by atoms with Gasteiger partial charge in [0.2, 0.25) is 0 Å². The molecule has 5 rings (SSSR count). The van der Waals surface area contributed by atoms with E-state index in [1.807, 2.05) is 49.4 Å². The standard InChI is InChI=1S/C33H28F3N3O3S/c1-22-4-2-7-30(31(22)24-10-12-27(13-11-24)42-33(34,35)36)32(40)38-25-5-3-6-28(20-25)41-26-16-18-39(19-17-26)43-29-14-8-23(21-37)9-15-29/h2-15,20,26H,16-19H2,1H3,(H,38,40). The second-order valence-electron chi connectivity index (χ2n) is 10.0. The average molecular weight is 604 g/mol. The van der Waals surface area contributed by atoms with Gasteiger partial charge in [-0.1, -0.05) is 30.3 Å². The molecular weight excluding hydrogens is 575 g/mol. The van der Waals surface area contributed by atoms with Gasteiger partial charge in [0.05, 0.1) is 11.6 Å². The van der Waals surface area contributed by atoms with Crippen molar-refractivity contribution in [3.05, 3.63) is 108 Å². The number of benzene rings is 4. The minimum absolute atomic E-state index is 0.0384. The Morgan fingerprint density at radius 3 is 2.33 bits per heavy atom. The number of hydrogen-bond donors (Lipinski definition) is 1. The molecule has 1 N–H and O–H groups in total. The highest BCUT2D eigenvalue weighted by Crippen LogP contribution is 2.32. The Morgan fingerprint density at radius 1 is 0.953 bits per heavy atom. The Balaban J connectivity index is 1.21. The van der Waals surface area contributed by atoms with E-state index in [-0.39, 0.29) is 17.8 Å². The van der Waals surface area contributed by atoms with Crippen LogP contribution >= 0.6 is 11.9 Å². The summed E-state index contributed by atoms with van der Waals surface area (Å²) in [6.45, 7) is 3.55. The molecule has 1 heterocycles. The van der Waals surface area contributed by atoms with Crippen LogP contribution in [-0.2, 0) is 0 Å². The number of halogens is 3. The molecule has 10 heteroatoms. The van der Waals surface area contributed by atoms with Gasteiger partial charge >= 0.3 is 6.36 Å². The van der Waals surface area contributed by atoms with E-state index in [0.29, 0.717) is 33.7 Å². The Hall–Kier alpha value is -4.46. The molecule has 4 aromatic rings. The number of alkyl halides is 3. The van der Waals surface area contributed by atoms with E-state index in [9.17, 15) is 18.0 Å². The topological polar surface area (TPSA) is 74.6 Å². The molecule has 1 fully saturated rings. The number of anilines is 1. The van der Waals surface area contributed by atoms with E-state index in [2.05, 4.69) is 20.4 Å². The molecule has 0 bridgehead atoms. The Labute approximate surface area is 252 Å². The minimum atomic E-state index is -4.78. The van der Waals surface area contributed by atoms with Crippen molar-refractivity contribution in [2.75, 3.05) is 18.4 Å². The fourth-order valence-corrected chi connectivity index (χ4v) is 5.83. The lowest BCUT2D eigenvalue weighted by molar-refractivity contribution is -0.274. The van der Waals surface area contributed by atoms with Crippen molar-refractivity contribution in [2.45, 2.75) is 37.1 Å². The summed E-state index contributed by atoms with van der Waals surface area (Å²) in [6.07, 6.45) is -3.05. The number of piperidine rings is 1. The normalized spacial score (nSPS) is 14.1. The van der Waals surface area contributed by atoms with Crippen LogP contribution in [0.2, 0.25) is 0 Å². The SMILES string of the molecule is Cc1cccc(C(=O)Nc2cccc(OC3CCN(Sc4ccc(C#N)cc4)CC3)c2)c1-c1ccc(OC(F)(F)F)cc1. The zero-order valence-electron chi connectivity index (χ0n) is 23.2. The Bertz CT molecular complexity index is 1610. The van der Waals surface area contributed by atoms with Crippen molar-refractivity contribution in [1.82, 2.24) is 4.31 Å². The van der Waals surface area contributed by atoms with Crippen LogP contribution in [0.25, 0.3) is 11.1 Å². The summed E-state index contributed by atoms with van der Waals surface area (Å²) in [7, 11) is 0. The predicted octanol–water partition coefficient (Wildman–Crippen LogP) is 8.24. The summed E-state index contributed by atoms with van der Waals surface area (Å²) < 4.78 is 50.3. The Kier molecular flexibility index (Phi) is 9.24. The van der Waals surface area contributed by atoms with Gasteiger partial charge in [-0.3, -0.25) is 4.79 Å². The molecule has 1 amide bonds. The van der Waals surface area contributed by atoms with Crippen molar-refractivity contribution in [3.63, 3.8) is 0 Å². The molecule has 220 valence electrons. The van der Waals surface area contributed by atoms with Crippen molar-refractivity contribution in [1.29, 1.82) is 5.26 Å². The van der Waals surface area contributed by atoms with Gasteiger partial charge in [0.25, 0.3) is 5.91 Å². The van der Waals surface area contributed by atoms with Gasteiger partial charge < -0.3 is 14.8 Å². The summed E-state index contributed by atoms with van der Waals surface area (Å²) in [4.78, 5) is 14.5. The van der Waals surface area contributed by atoms with Crippen LogP contribution in [-0.4, -0.2) is 35.8 Å². The second kappa shape index (κ2) is 13.2. The van der Waals surface area contributed by atoms with Gasteiger partial charge in [0, 0.05) is 35.3 Å². The summed E-state index contributed by atoms with van der Waals surface area (Å²) in [5.74, 6) is -0.0244. The molecule has 0 aliphatic carbocycles. The smallest absolute Gasteiger partial charge is 0.490 e. The van der Waals surface area contributed by atoms with E-state index in [4.69, 9.17) is 10.00 Å². The highest BCUT2D eigenvalue weighted by molar-refractivity contribution is 7.97. The lowest BCUT2D eigenvalue weighted by atomic mass is 9.94. The molecule has 0 saturated carbocycles. The van der Waals surface area contributed by atoms with E-state index >= 15 is 0 Å². The average Bonchev–Trinajstić information content (AvgIpc) is 2.98. The maximum atomic E-state index is 13.4. The van der Waals surface area contributed by atoms with Gasteiger partial charge in [-0.25, -0.2) is 4.31 Å². The molecule has 0 aromatic heterocycles. The molecule has 1 saturated heterocycles. The lowest BCUT2D eigenvalue weighted by Crippen LogP contribution is -2.34. The molecule has 0 radical (unpaired) electrons. The molecule has 43 heavy (non-hydrogen) atoms. The third-order valence-electron chi connectivity index (χ3n) is 6.91. The number of carbonyl (C=O) groups is 1. The maximum absolute atomic E-state index is 13.4. The quantitative estimate of drug-likeness (QED) is 0.205. The first-order valence-corrected chi connectivity index (χ1v) is 14.4. The summed E-state index contributed by atoms with van der Waals surface area (Å²) in [6, 6.07) is 27.7. The van der Waals surface area contributed by atoms with E-state index < -0.39 is 6.36 Å². The molecule has 6 nitrogen and oxygen atoms in total.